The van der Waals surface area contributed by atoms with Gasteiger partial charge in [0, 0.05) is 35.3 Å². The van der Waals surface area contributed by atoms with Crippen LogP contribution in [0.15, 0.2) is 36.4 Å². The van der Waals surface area contributed by atoms with Gasteiger partial charge in [0.05, 0.1) is 35.9 Å². The molecule has 7 nitrogen and oxygen atoms in total. The Labute approximate surface area is 187 Å². The summed E-state index contributed by atoms with van der Waals surface area (Å²) in [5, 5.41) is 23.7. The average Bonchev–Trinajstić information content (AvgIpc) is 2.79. The second kappa shape index (κ2) is 8.85. The molecule has 2 N–H and O–H groups in total. The number of nitrogens with one attached hydrogen (secondary N) is 1. The summed E-state index contributed by atoms with van der Waals surface area (Å²) in [6, 6.07) is 13.1. The minimum atomic E-state index is -0.982. The number of ether oxygens (including phenoxy) is 1. The zero-order chi connectivity index (χ0) is 22.8. The molecule has 2 heterocycles. The number of pyridine rings is 1. The molecule has 0 aliphatic carbocycles. The summed E-state index contributed by atoms with van der Waals surface area (Å²) in [5.41, 5.74) is 4.95. The second-order valence-corrected chi connectivity index (χ2v) is 8.11. The van der Waals surface area contributed by atoms with Gasteiger partial charge < -0.3 is 20.1 Å². The first-order valence-electron chi connectivity index (χ1n) is 10.7. The Morgan fingerprint density at radius 3 is 2.66 bits per heavy atom. The van der Waals surface area contributed by atoms with E-state index in [1.165, 1.54) is 0 Å². The van der Waals surface area contributed by atoms with Gasteiger partial charge in [0.1, 0.15) is 11.9 Å². The van der Waals surface area contributed by atoms with E-state index in [4.69, 9.17) is 9.72 Å². The molecule has 1 atom stereocenters. The lowest BCUT2D eigenvalue weighted by atomic mass is 9.95. The van der Waals surface area contributed by atoms with Crippen LogP contribution in [0, 0.1) is 25.2 Å². The highest BCUT2D eigenvalue weighted by Crippen LogP contribution is 2.34. The van der Waals surface area contributed by atoms with Crippen LogP contribution in [0.3, 0.4) is 0 Å². The first kappa shape index (κ1) is 21.6. The third kappa shape index (κ3) is 3.97. The predicted octanol–water partition coefficient (Wildman–Crippen LogP) is 4.43. The molecule has 3 aromatic rings. The Bertz CT molecular complexity index is 1230. The molecule has 7 heteroatoms. The molecule has 0 spiro atoms. The van der Waals surface area contributed by atoms with Crippen molar-refractivity contribution in [3.63, 3.8) is 0 Å². The van der Waals surface area contributed by atoms with Crippen molar-refractivity contribution in [2.75, 3.05) is 36.5 Å². The first-order chi connectivity index (χ1) is 15.4. The maximum atomic E-state index is 11.6. The van der Waals surface area contributed by atoms with E-state index in [0.29, 0.717) is 24.5 Å². The van der Waals surface area contributed by atoms with Crippen molar-refractivity contribution in [3.8, 4) is 6.07 Å². The van der Waals surface area contributed by atoms with Gasteiger partial charge in [-0.15, -0.1) is 0 Å². The van der Waals surface area contributed by atoms with Gasteiger partial charge in [-0.1, -0.05) is 18.2 Å². The zero-order valence-electron chi connectivity index (χ0n) is 18.5. The standard InChI is InChI=1S/C25H26N4O3/c1-15-12-19(17(3)27-22-7-5-4-6-18(22)25(30)31)23-20(13-15)21(14-26)16(2)24(28-23)29-8-10-32-11-9-29/h4-7,12-13,17,27H,8-11H2,1-3H3,(H,30,31)/t17-/m0/s1. The quantitative estimate of drug-likeness (QED) is 0.618. The number of aromatic carboxylic acids is 1. The number of anilines is 2. The third-order valence-electron chi connectivity index (χ3n) is 5.90. The minimum Gasteiger partial charge on any atom is -0.478 e. The van der Waals surface area contributed by atoms with E-state index in [9.17, 15) is 15.2 Å². The predicted molar refractivity (Wildman–Crippen MR) is 124 cm³/mol. The number of carboxylic acid groups (broad SMARTS) is 1. The van der Waals surface area contributed by atoms with Crippen molar-refractivity contribution in [2.45, 2.75) is 26.8 Å². The highest BCUT2D eigenvalue weighted by molar-refractivity contribution is 5.95. The summed E-state index contributed by atoms with van der Waals surface area (Å²) in [4.78, 5) is 18.8. The highest BCUT2D eigenvalue weighted by atomic mass is 16.5. The fourth-order valence-corrected chi connectivity index (χ4v) is 4.29. The van der Waals surface area contributed by atoms with Gasteiger partial charge in [-0.25, -0.2) is 9.78 Å². The third-order valence-corrected chi connectivity index (χ3v) is 5.90. The van der Waals surface area contributed by atoms with Gasteiger partial charge in [-0.3, -0.25) is 0 Å². The van der Waals surface area contributed by atoms with Gasteiger partial charge in [-0.05, 0) is 44.5 Å². The molecular weight excluding hydrogens is 404 g/mol. The van der Waals surface area contributed by atoms with Crippen molar-refractivity contribution in [2.24, 2.45) is 0 Å². The van der Waals surface area contributed by atoms with Crippen LogP contribution in [0.5, 0.6) is 0 Å². The van der Waals surface area contributed by atoms with Crippen molar-refractivity contribution in [3.05, 3.63) is 64.2 Å². The van der Waals surface area contributed by atoms with Crippen LogP contribution in [-0.2, 0) is 4.74 Å². The van der Waals surface area contributed by atoms with Gasteiger partial charge in [0.2, 0.25) is 0 Å². The van der Waals surface area contributed by atoms with Crippen LogP contribution >= 0.6 is 0 Å². The van der Waals surface area contributed by atoms with Gasteiger partial charge in [-0.2, -0.15) is 5.26 Å². The molecule has 0 saturated carbocycles. The van der Waals surface area contributed by atoms with E-state index in [-0.39, 0.29) is 11.6 Å². The van der Waals surface area contributed by atoms with Crippen LogP contribution in [0.1, 0.15) is 45.6 Å². The Morgan fingerprint density at radius 1 is 1.25 bits per heavy atom. The van der Waals surface area contributed by atoms with Crippen molar-refractivity contribution >= 4 is 28.4 Å². The molecule has 1 aliphatic rings. The van der Waals surface area contributed by atoms with Gasteiger partial charge >= 0.3 is 5.97 Å². The highest BCUT2D eigenvalue weighted by Gasteiger charge is 2.22. The van der Waals surface area contributed by atoms with E-state index in [0.717, 1.165) is 46.5 Å². The topological polar surface area (TPSA) is 98.5 Å². The summed E-state index contributed by atoms with van der Waals surface area (Å²) >= 11 is 0. The molecule has 164 valence electrons. The number of nitrogens with zero attached hydrogens (tertiary/aromatic N) is 3. The molecule has 0 radical (unpaired) electrons. The largest absolute Gasteiger partial charge is 0.478 e. The SMILES string of the molecule is Cc1cc([C@H](C)Nc2ccccc2C(=O)O)c2nc(N3CCOCC3)c(C)c(C#N)c2c1. The number of carboxylic acids is 1. The zero-order valence-corrected chi connectivity index (χ0v) is 18.5. The number of benzene rings is 2. The lowest BCUT2D eigenvalue weighted by Crippen LogP contribution is -2.37. The molecule has 1 fully saturated rings. The van der Waals surface area contributed by atoms with Crippen LogP contribution in [-0.4, -0.2) is 42.4 Å². The number of carbonyl (C=O) groups is 1. The van der Waals surface area contributed by atoms with Gasteiger partial charge in [0.15, 0.2) is 0 Å². The number of morpholine rings is 1. The van der Waals surface area contributed by atoms with E-state index in [1.54, 1.807) is 18.2 Å². The molecule has 0 amide bonds. The van der Waals surface area contributed by atoms with Crippen LogP contribution in [0.2, 0.25) is 0 Å². The molecule has 1 saturated heterocycles. The number of para-hydroxylation sites is 1. The van der Waals surface area contributed by atoms with E-state index in [1.807, 2.05) is 32.9 Å². The van der Waals surface area contributed by atoms with E-state index in [2.05, 4.69) is 22.4 Å². The van der Waals surface area contributed by atoms with Crippen LogP contribution in [0.4, 0.5) is 11.5 Å². The molecule has 4 rings (SSSR count). The maximum Gasteiger partial charge on any atom is 0.337 e. The normalized spacial score (nSPS) is 14.8. The number of aryl methyl sites for hydroxylation is 1. The summed E-state index contributed by atoms with van der Waals surface area (Å²) in [6.45, 7) is 8.64. The number of rotatable bonds is 5. The Hall–Kier alpha value is -3.63. The number of aromatic nitrogens is 1. The van der Waals surface area contributed by atoms with Crippen molar-refractivity contribution < 1.29 is 14.6 Å². The lowest BCUT2D eigenvalue weighted by Gasteiger charge is -2.30. The Balaban J connectivity index is 1.86. The number of fused-ring (bicyclic) bond motifs is 1. The Morgan fingerprint density at radius 2 is 1.97 bits per heavy atom. The molecule has 1 aromatic heterocycles. The molecule has 0 bridgehead atoms. The number of nitriles is 1. The average molecular weight is 431 g/mol. The van der Waals surface area contributed by atoms with Crippen LogP contribution < -0.4 is 10.2 Å². The molecule has 2 aromatic carbocycles. The summed E-state index contributed by atoms with van der Waals surface area (Å²) < 4.78 is 5.49. The van der Waals surface area contributed by atoms with E-state index >= 15 is 0 Å². The van der Waals surface area contributed by atoms with Crippen molar-refractivity contribution in [1.82, 2.24) is 4.98 Å². The lowest BCUT2D eigenvalue weighted by molar-refractivity contribution is 0.0698. The number of hydrogen-bond acceptors (Lipinski definition) is 6. The first-order valence-corrected chi connectivity index (χ1v) is 10.7. The summed E-state index contributed by atoms with van der Waals surface area (Å²) in [5.74, 6) is -0.176. The number of hydrogen-bond donors (Lipinski definition) is 2. The molecular formula is C25H26N4O3. The second-order valence-electron chi connectivity index (χ2n) is 8.11. The Kier molecular flexibility index (Phi) is 5.97. The minimum absolute atomic E-state index is 0.215. The van der Waals surface area contributed by atoms with Gasteiger partial charge in [0.25, 0.3) is 0 Å². The molecule has 0 unspecified atom stereocenters. The molecule has 32 heavy (non-hydrogen) atoms. The van der Waals surface area contributed by atoms with Crippen LogP contribution in [0.25, 0.3) is 10.9 Å². The van der Waals surface area contributed by atoms with Crippen molar-refractivity contribution in [1.29, 1.82) is 5.26 Å². The summed E-state index contributed by atoms with van der Waals surface area (Å²) in [6.07, 6.45) is 0. The summed E-state index contributed by atoms with van der Waals surface area (Å²) in [7, 11) is 0. The maximum absolute atomic E-state index is 11.6. The monoisotopic (exact) mass is 430 g/mol. The molecule has 1 aliphatic heterocycles. The van der Waals surface area contributed by atoms with E-state index < -0.39 is 5.97 Å². The fraction of sp³-hybridized carbons (Fsp3) is 0.320. The smallest absolute Gasteiger partial charge is 0.337 e. The fourth-order valence-electron chi connectivity index (χ4n) is 4.29.